The molecule has 0 atom stereocenters. The molecule has 0 saturated carbocycles. The van der Waals surface area contributed by atoms with Crippen molar-refractivity contribution in [2.45, 2.75) is 32.6 Å². The van der Waals surface area contributed by atoms with E-state index >= 15 is 0 Å². The second-order valence-corrected chi connectivity index (χ2v) is 6.65. The van der Waals surface area contributed by atoms with Crippen LogP contribution in [-0.4, -0.2) is 25.7 Å². The van der Waals surface area contributed by atoms with Crippen LogP contribution in [0.25, 0.3) is 0 Å². The summed E-state index contributed by atoms with van der Waals surface area (Å²) in [5.41, 5.74) is 4.60. The standard InChI is InChI=1S/C21H27N3O/c1-17-7-3-4-8-18(17)13-14-22-21(25)23-19-9-11-20(12-10-19)24-15-5-2-6-16-24/h3-4,7-12H,2,5-6,13-16H2,1H3,(H2,22,23,25). The molecule has 0 aliphatic carbocycles. The molecule has 0 unspecified atom stereocenters. The zero-order valence-corrected chi connectivity index (χ0v) is 14.9. The van der Waals surface area contributed by atoms with E-state index in [1.54, 1.807) is 0 Å². The summed E-state index contributed by atoms with van der Waals surface area (Å²) in [6, 6.07) is 16.3. The van der Waals surface area contributed by atoms with E-state index in [4.69, 9.17) is 0 Å². The maximum Gasteiger partial charge on any atom is 0.319 e. The molecule has 0 bridgehead atoms. The molecular weight excluding hydrogens is 310 g/mol. The van der Waals surface area contributed by atoms with Gasteiger partial charge in [-0.1, -0.05) is 24.3 Å². The minimum Gasteiger partial charge on any atom is -0.372 e. The van der Waals surface area contributed by atoms with Crippen molar-refractivity contribution in [2.24, 2.45) is 0 Å². The summed E-state index contributed by atoms with van der Waals surface area (Å²) in [7, 11) is 0. The predicted octanol–water partition coefficient (Wildman–Crippen LogP) is 4.35. The fourth-order valence-electron chi connectivity index (χ4n) is 3.28. The molecule has 3 rings (SSSR count). The zero-order chi connectivity index (χ0) is 17.5. The molecule has 0 radical (unpaired) electrons. The SMILES string of the molecule is Cc1ccccc1CCNC(=O)Nc1ccc(N2CCCCC2)cc1. The molecule has 1 aliphatic rings. The van der Waals surface area contributed by atoms with Crippen molar-refractivity contribution in [1.29, 1.82) is 0 Å². The number of aryl methyl sites for hydroxylation is 1. The summed E-state index contributed by atoms with van der Waals surface area (Å²) in [5, 5.41) is 5.83. The Bertz CT molecular complexity index is 691. The molecule has 2 amide bonds. The molecule has 25 heavy (non-hydrogen) atoms. The van der Waals surface area contributed by atoms with E-state index in [1.807, 2.05) is 24.3 Å². The van der Waals surface area contributed by atoms with Crippen LogP contribution in [0.1, 0.15) is 30.4 Å². The average Bonchev–Trinajstić information content (AvgIpc) is 2.65. The number of benzene rings is 2. The topological polar surface area (TPSA) is 44.4 Å². The highest BCUT2D eigenvalue weighted by Crippen LogP contribution is 2.21. The van der Waals surface area contributed by atoms with Crippen molar-refractivity contribution in [3.05, 3.63) is 59.7 Å². The third-order valence-electron chi connectivity index (χ3n) is 4.79. The molecule has 2 aromatic carbocycles. The van der Waals surface area contributed by atoms with Crippen molar-refractivity contribution in [3.63, 3.8) is 0 Å². The highest BCUT2D eigenvalue weighted by Gasteiger charge is 2.10. The molecular formula is C21H27N3O. The van der Waals surface area contributed by atoms with Crippen LogP contribution in [0, 0.1) is 6.92 Å². The van der Waals surface area contributed by atoms with E-state index in [9.17, 15) is 4.79 Å². The van der Waals surface area contributed by atoms with Crippen LogP contribution in [0.2, 0.25) is 0 Å². The molecule has 4 nitrogen and oxygen atoms in total. The predicted molar refractivity (Wildman–Crippen MR) is 104 cm³/mol. The fourth-order valence-corrected chi connectivity index (χ4v) is 3.28. The Balaban J connectivity index is 1.45. The van der Waals surface area contributed by atoms with Gasteiger partial charge in [0.05, 0.1) is 0 Å². The lowest BCUT2D eigenvalue weighted by Gasteiger charge is -2.28. The van der Waals surface area contributed by atoms with Gasteiger partial charge in [-0.2, -0.15) is 0 Å². The lowest BCUT2D eigenvalue weighted by atomic mass is 10.1. The number of anilines is 2. The Labute approximate surface area is 150 Å². The van der Waals surface area contributed by atoms with Crippen LogP contribution >= 0.6 is 0 Å². The van der Waals surface area contributed by atoms with E-state index in [1.165, 1.54) is 36.1 Å². The number of carbonyl (C=O) groups is 1. The summed E-state index contributed by atoms with van der Waals surface area (Å²) in [6.45, 7) is 4.99. The zero-order valence-electron chi connectivity index (χ0n) is 14.9. The van der Waals surface area contributed by atoms with Gasteiger partial charge in [-0.15, -0.1) is 0 Å². The van der Waals surface area contributed by atoms with Crippen molar-refractivity contribution in [1.82, 2.24) is 5.32 Å². The largest absolute Gasteiger partial charge is 0.372 e. The number of hydrogen-bond donors (Lipinski definition) is 2. The molecule has 1 fully saturated rings. The first-order valence-corrected chi connectivity index (χ1v) is 9.17. The minimum atomic E-state index is -0.153. The molecule has 1 heterocycles. The first kappa shape index (κ1) is 17.3. The van der Waals surface area contributed by atoms with Crippen LogP contribution in [0.5, 0.6) is 0 Å². The molecule has 132 valence electrons. The second kappa shape index (κ2) is 8.56. The van der Waals surface area contributed by atoms with Gasteiger partial charge in [0.25, 0.3) is 0 Å². The average molecular weight is 337 g/mol. The Kier molecular flexibility index (Phi) is 5.94. The maximum absolute atomic E-state index is 12.0. The number of hydrogen-bond acceptors (Lipinski definition) is 2. The van der Waals surface area contributed by atoms with Gasteiger partial charge in [0.1, 0.15) is 0 Å². The second-order valence-electron chi connectivity index (χ2n) is 6.65. The quantitative estimate of drug-likeness (QED) is 0.852. The summed E-state index contributed by atoms with van der Waals surface area (Å²) >= 11 is 0. The number of amides is 2. The number of nitrogens with one attached hydrogen (secondary N) is 2. The first-order chi connectivity index (χ1) is 12.2. The van der Waals surface area contributed by atoms with Gasteiger partial charge in [-0.25, -0.2) is 4.79 Å². The Morgan fingerprint density at radius 3 is 2.44 bits per heavy atom. The molecule has 0 aromatic heterocycles. The van der Waals surface area contributed by atoms with E-state index in [-0.39, 0.29) is 6.03 Å². The van der Waals surface area contributed by atoms with Gasteiger partial charge in [-0.3, -0.25) is 0 Å². The molecule has 1 aliphatic heterocycles. The van der Waals surface area contributed by atoms with Crippen LogP contribution in [0.15, 0.2) is 48.5 Å². The molecule has 2 aromatic rings. The van der Waals surface area contributed by atoms with Crippen molar-refractivity contribution in [2.75, 3.05) is 29.9 Å². The molecule has 1 saturated heterocycles. The summed E-state index contributed by atoms with van der Waals surface area (Å²) < 4.78 is 0. The fraction of sp³-hybridized carbons (Fsp3) is 0.381. The number of urea groups is 1. The summed E-state index contributed by atoms with van der Waals surface area (Å²) in [4.78, 5) is 14.5. The maximum atomic E-state index is 12.0. The van der Waals surface area contributed by atoms with E-state index in [0.717, 1.165) is 25.2 Å². The van der Waals surface area contributed by atoms with Crippen molar-refractivity contribution < 1.29 is 4.79 Å². The number of nitrogens with zero attached hydrogens (tertiary/aromatic N) is 1. The van der Waals surface area contributed by atoms with Crippen LogP contribution < -0.4 is 15.5 Å². The highest BCUT2D eigenvalue weighted by molar-refractivity contribution is 5.89. The van der Waals surface area contributed by atoms with Gasteiger partial charge in [-0.05, 0) is 68.0 Å². The Hall–Kier alpha value is -2.49. The van der Waals surface area contributed by atoms with Gasteiger partial charge in [0, 0.05) is 31.0 Å². The molecule has 4 heteroatoms. The highest BCUT2D eigenvalue weighted by atomic mass is 16.2. The van der Waals surface area contributed by atoms with Crippen molar-refractivity contribution in [3.8, 4) is 0 Å². The van der Waals surface area contributed by atoms with Gasteiger partial charge >= 0.3 is 6.03 Å². The van der Waals surface area contributed by atoms with E-state index in [0.29, 0.717) is 6.54 Å². The van der Waals surface area contributed by atoms with Crippen molar-refractivity contribution >= 4 is 17.4 Å². The number of piperidine rings is 1. The lowest BCUT2D eigenvalue weighted by molar-refractivity contribution is 0.252. The monoisotopic (exact) mass is 337 g/mol. The molecule has 0 spiro atoms. The first-order valence-electron chi connectivity index (χ1n) is 9.17. The van der Waals surface area contributed by atoms with Gasteiger partial charge in [0.2, 0.25) is 0 Å². The van der Waals surface area contributed by atoms with Gasteiger partial charge in [0.15, 0.2) is 0 Å². The van der Waals surface area contributed by atoms with Crippen LogP contribution in [0.3, 0.4) is 0 Å². The van der Waals surface area contributed by atoms with E-state index in [2.05, 4.69) is 46.7 Å². The minimum absolute atomic E-state index is 0.153. The van der Waals surface area contributed by atoms with Crippen LogP contribution in [-0.2, 0) is 6.42 Å². The smallest absolute Gasteiger partial charge is 0.319 e. The normalized spacial score (nSPS) is 14.2. The lowest BCUT2D eigenvalue weighted by Crippen LogP contribution is -2.31. The Morgan fingerprint density at radius 1 is 1.00 bits per heavy atom. The Morgan fingerprint density at radius 2 is 1.72 bits per heavy atom. The summed E-state index contributed by atoms with van der Waals surface area (Å²) in [6.07, 6.45) is 4.71. The van der Waals surface area contributed by atoms with Gasteiger partial charge < -0.3 is 15.5 Å². The summed E-state index contributed by atoms with van der Waals surface area (Å²) in [5.74, 6) is 0. The number of carbonyl (C=O) groups excluding carboxylic acids is 1. The third kappa shape index (κ3) is 4.99. The number of rotatable bonds is 5. The molecule has 2 N–H and O–H groups in total. The third-order valence-corrected chi connectivity index (χ3v) is 4.79. The van der Waals surface area contributed by atoms with E-state index < -0.39 is 0 Å². The van der Waals surface area contributed by atoms with Crippen LogP contribution in [0.4, 0.5) is 16.2 Å².